The third-order valence-electron chi connectivity index (χ3n) is 6.16. The molecule has 0 spiro atoms. The predicted molar refractivity (Wildman–Crippen MR) is 133 cm³/mol. The van der Waals surface area contributed by atoms with Crippen LogP contribution in [-0.2, 0) is 27.2 Å². The molecule has 2 amide bonds. The molecule has 3 aromatic rings. The maximum atomic E-state index is 13.6. The molecule has 7 heteroatoms. The van der Waals surface area contributed by atoms with Crippen LogP contribution in [0.2, 0.25) is 0 Å². The van der Waals surface area contributed by atoms with Gasteiger partial charge in [-0.25, -0.2) is 0 Å². The predicted octanol–water partition coefficient (Wildman–Crippen LogP) is 3.95. The monoisotopic (exact) mass is 478 g/mol. The zero-order valence-corrected chi connectivity index (χ0v) is 20.4. The number of hydrogen-bond acceptors (Lipinski definition) is 5. The molecule has 0 saturated carbocycles. The van der Waals surface area contributed by atoms with E-state index in [4.69, 9.17) is 9.47 Å². The van der Waals surface area contributed by atoms with Gasteiger partial charge in [-0.05, 0) is 46.7 Å². The molecule has 1 unspecified atom stereocenters. The van der Waals surface area contributed by atoms with E-state index in [9.17, 15) is 9.59 Å². The van der Waals surface area contributed by atoms with Crippen LogP contribution in [0.25, 0.3) is 0 Å². The highest BCUT2D eigenvalue weighted by atomic mass is 32.1. The molecular weight excluding hydrogens is 448 g/mol. The molecule has 0 saturated heterocycles. The highest BCUT2D eigenvalue weighted by molar-refractivity contribution is 7.10. The summed E-state index contributed by atoms with van der Waals surface area (Å²) in [6.07, 6.45) is 1.05. The molecule has 0 aliphatic carbocycles. The van der Waals surface area contributed by atoms with Crippen molar-refractivity contribution in [2.24, 2.45) is 0 Å². The van der Waals surface area contributed by atoms with Crippen LogP contribution in [0.3, 0.4) is 0 Å². The van der Waals surface area contributed by atoms with Crippen molar-refractivity contribution in [1.82, 2.24) is 9.80 Å². The molecule has 1 aliphatic heterocycles. The van der Waals surface area contributed by atoms with Crippen molar-refractivity contribution in [3.8, 4) is 5.75 Å². The van der Waals surface area contributed by atoms with Crippen LogP contribution in [0.4, 0.5) is 0 Å². The van der Waals surface area contributed by atoms with E-state index >= 15 is 0 Å². The number of benzene rings is 2. The first-order valence-electron chi connectivity index (χ1n) is 11.4. The lowest BCUT2D eigenvalue weighted by Gasteiger charge is -2.37. The number of carbonyl (C=O) groups is 2. The van der Waals surface area contributed by atoms with Gasteiger partial charge in [-0.3, -0.25) is 9.59 Å². The summed E-state index contributed by atoms with van der Waals surface area (Å²) in [4.78, 5) is 31.6. The second-order valence-electron chi connectivity index (χ2n) is 8.28. The molecule has 178 valence electrons. The normalized spacial score (nSPS) is 15.0. The Kier molecular flexibility index (Phi) is 7.98. The molecule has 4 rings (SSSR count). The maximum absolute atomic E-state index is 13.6. The van der Waals surface area contributed by atoms with Crippen LogP contribution in [0.1, 0.15) is 27.6 Å². The summed E-state index contributed by atoms with van der Waals surface area (Å²) in [5, 5.41) is 2.10. The Morgan fingerprint density at radius 3 is 2.53 bits per heavy atom. The maximum Gasteiger partial charge on any atom is 0.242 e. The number of rotatable bonds is 9. The van der Waals surface area contributed by atoms with E-state index in [2.05, 4.69) is 23.6 Å². The number of methoxy groups -OCH3 is 2. The number of thiophene rings is 1. The molecule has 0 radical (unpaired) electrons. The highest BCUT2D eigenvalue weighted by Gasteiger charge is 2.33. The second-order valence-corrected chi connectivity index (χ2v) is 9.28. The van der Waals surface area contributed by atoms with E-state index in [1.165, 1.54) is 10.4 Å². The zero-order chi connectivity index (χ0) is 23.9. The topological polar surface area (TPSA) is 59.1 Å². The van der Waals surface area contributed by atoms with Crippen molar-refractivity contribution in [2.45, 2.75) is 18.9 Å². The third kappa shape index (κ3) is 5.48. The van der Waals surface area contributed by atoms with Crippen LogP contribution in [0, 0.1) is 0 Å². The Labute approximate surface area is 204 Å². The molecule has 0 bridgehead atoms. The summed E-state index contributed by atoms with van der Waals surface area (Å²) in [7, 11) is 3.21. The highest BCUT2D eigenvalue weighted by Crippen LogP contribution is 2.37. The van der Waals surface area contributed by atoms with Crippen LogP contribution >= 0.6 is 11.3 Å². The van der Waals surface area contributed by atoms with Gasteiger partial charge in [-0.2, -0.15) is 0 Å². The van der Waals surface area contributed by atoms with Crippen LogP contribution in [0.15, 0.2) is 66.0 Å². The van der Waals surface area contributed by atoms with Gasteiger partial charge in [-0.1, -0.05) is 42.5 Å². The fourth-order valence-electron chi connectivity index (χ4n) is 4.36. The molecule has 34 heavy (non-hydrogen) atoms. The SMILES string of the molecule is COCCN(CC(=O)N1CCc2sccc2C1c1ccccc1)C(=O)Cc1ccc(OC)cc1. The lowest BCUT2D eigenvalue weighted by molar-refractivity contribution is -0.141. The quantitative estimate of drug-likeness (QED) is 0.467. The summed E-state index contributed by atoms with van der Waals surface area (Å²) in [6, 6.07) is 19.5. The minimum atomic E-state index is -0.135. The van der Waals surface area contributed by atoms with Gasteiger partial charge in [-0.15, -0.1) is 11.3 Å². The summed E-state index contributed by atoms with van der Waals surface area (Å²) in [5.41, 5.74) is 3.15. The molecule has 2 heterocycles. The smallest absolute Gasteiger partial charge is 0.242 e. The van der Waals surface area contributed by atoms with Gasteiger partial charge < -0.3 is 19.3 Å². The lowest BCUT2D eigenvalue weighted by atomic mass is 9.93. The van der Waals surface area contributed by atoms with Gasteiger partial charge in [0.05, 0.1) is 32.7 Å². The summed E-state index contributed by atoms with van der Waals surface area (Å²) in [6.45, 7) is 1.40. The van der Waals surface area contributed by atoms with Gasteiger partial charge in [0.1, 0.15) is 5.75 Å². The van der Waals surface area contributed by atoms with Crippen LogP contribution in [-0.4, -0.2) is 62.1 Å². The van der Waals surface area contributed by atoms with E-state index in [0.29, 0.717) is 19.7 Å². The summed E-state index contributed by atoms with van der Waals surface area (Å²) in [5.74, 6) is 0.595. The number of carbonyl (C=O) groups excluding carboxylic acids is 2. The zero-order valence-electron chi connectivity index (χ0n) is 19.6. The second kappa shape index (κ2) is 11.3. The van der Waals surface area contributed by atoms with Gasteiger partial charge in [0.2, 0.25) is 11.8 Å². The first kappa shape index (κ1) is 24.0. The Balaban J connectivity index is 1.52. The van der Waals surface area contributed by atoms with Crippen molar-refractivity contribution < 1.29 is 19.1 Å². The number of hydrogen-bond donors (Lipinski definition) is 0. The average molecular weight is 479 g/mol. The number of amides is 2. The minimum Gasteiger partial charge on any atom is -0.497 e. The first-order chi connectivity index (χ1) is 16.6. The Morgan fingerprint density at radius 1 is 1.06 bits per heavy atom. The van der Waals surface area contributed by atoms with Gasteiger partial charge >= 0.3 is 0 Å². The van der Waals surface area contributed by atoms with Crippen molar-refractivity contribution in [3.63, 3.8) is 0 Å². The molecule has 1 aromatic heterocycles. The molecule has 2 aromatic carbocycles. The van der Waals surface area contributed by atoms with Crippen molar-refractivity contribution in [1.29, 1.82) is 0 Å². The molecule has 1 aliphatic rings. The summed E-state index contributed by atoms with van der Waals surface area (Å²) < 4.78 is 10.4. The van der Waals surface area contributed by atoms with Crippen LogP contribution in [0.5, 0.6) is 5.75 Å². The number of fused-ring (bicyclic) bond motifs is 1. The molecular formula is C27H30N2O4S. The number of nitrogens with zero attached hydrogens (tertiary/aromatic N) is 2. The number of ether oxygens (including phenoxy) is 2. The standard InChI is InChI=1S/C27H30N2O4S/c1-32-16-15-28(25(30)18-20-8-10-22(33-2)11-9-20)19-26(31)29-14-12-24-23(13-17-34-24)27(29)21-6-4-3-5-7-21/h3-11,13,17,27H,12,14-16,18-19H2,1-2H3. The Morgan fingerprint density at radius 2 is 1.82 bits per heavy atom. The fourth-order valence-corrected chi connectivity index (χ4v) is 5.26. The molecule has 0 N–H and O–H groups in total. The Bertz CT molecular complexity index is 1100. The van der Waals surface area contributed by atoms with E-state index < -0.39 is 0 Å². The van der Waals surface area contributed by atoms with Crippen molar-refractivity contribution in [2.75, 3.05) is 40.5 Å². The minimum absolute atomic E-state index is 0.0289. The van der Waals surface area contributed by atoms with E-state index in [1.807, 2.05) is 47.4 Å². The van der Waals surface area contributed by atoms with Gasteiger partial charge in [0.15, 0.2) is 0 Å². The third-order valence-corrected chi connectivity index (χ3v) is 7.16. The summed E-state index contributed by atoms with van der Waals surface area (Å²) >= 11 is 1.74. The molecule has 0 fully saturated rings. The van der Waals surface area contributed by atoms with E-state index in [-0.39, 0.29) is 30.8 Å². The van der Waals surface area contributed by atoms with E-state index in [0.717, 1.165) is 23.3 Å². The van der Waals surface area contributed by atoms with E-state index in [1.54, 1.807) is 30.5 Å². The average Bonchev–Trinajstić information content (AvgIpc) is 3.35. The van der Waals surface area contributed by atoms with Crippen LogP contribution < -0.4 is 4.74 Å². The van der Waals surface area contributed by atoms with Crippen molar-refractivity contribution in [3.05, 3.63) is 87.6 Å². The largest absolute Gasteiger partial charge is 0.497 e. The molecule has 6 nitrogen and oxygen atoms in total. The van der Waals surface area contributed by atoms with Crippen molar-refractivity contribution >= 4 is 23.2 Å². The molecule has 1 atom stereocenters. The lowest BCUT2D eigenvalue weighted by Crippen LogP contribution is -2.47. The Hall–Kier alpha value is -3.16. The first-order valence-corrected chi connectivity index (χ1v) is 12.3. The van der Waals surface area contributed by atoms with Gasteiger partial charge in [0, 0.05) is 25.1 Å². The fraction of sp³-hybridized carbons (Fsp3) is 0.333. The van der Waals surface area contributed by atoms with Gasteiger partial charge in [0.25, 0.3) is 0 Å².